The van der Waals surface area contributed by atoms with Crippen molar-refractivity contribution in [3.63, 3.8) is 0 Å². The van der Waals surface area contributed by atoms with Crippen LogP contribution >= 0.6 is 15.9 Å². The van der Waals surface area contributed by atoms with Gasteiger partial charge in [-0.15, -0.1) is 0 Å². The Morgan fingerprint density at radius 3 is 2.32 bits per heavy atom. The van der Waals surface area contributed by atoms with Crippen LogP contribution in [0.3, 0.4) is 0 Å². The fraction of sp³-hybridized carbons (Fsp3) is 0.105. The first-order chi connectivity index (χ1) is 10.8. The third-order valence-corrected chi connectivity index (χ3v) is 4.35. The lowest BCUT2D eigenvalue weighted by atomic mass is 9.97. The van der Waals surface area contributed by atoms with Gasteiger partial charge in [0.2, 0.25) is 0 Å². The number of rotatable bonds is 3. The molecule has 0 aromatic heterocycles. The summed E-state index contributed by atoms with van der Waals surface area (Å²) in [5.41, 5.74) is 3.57. The van der Waals surface area contributed by atoms with Crippen LogP contribution in [0.25, 0.3) is 21.9 Å². The third-order valence-electron chi connectivity index (χ3n) is 4.03. The van der Waals surface area contributed by atoms with Gasteiger partial charge in [0.25, 0.3) is 0 Å². The number of ketones is 1. The molecule has 0 heterocycles. The van der Waals surface area contributed by atoms with Crippen LogP contribution in [0.4, 0.5) is 0 Å². The van der Waals surface area contributed by atoms with Gasteiger partial charge in [0, 0.05) is 27.4 Å². The van der Waals surface area contributed by atoms with Gasteiger partial charge in [-0.05, 0) is 17.0 Å². The van der Waals surface area contributed by atoms with Crippen LogP contribution in [-0.4, -0.2) is 17.7 Å². The molecule has 0 spiro atoms. The van der Waals surface area contributed by atoms with Gasteiger partial charge in [0.05, 0.1) is 6.61 Å². The average Bonchev–Trinajstić information content (AvgIpc) is 2.86. The molecule has 1 aliphatic carbocycles. The lowest BCUT2D eigenvalue weighted by Crippen LogP contribution is -2.01. The topological polar surface area (TPSA) is 26.3 Å². The Kier molecular flexibility index (Phi) is 3.23. The second-order valence-electron chi connectivity index (χ2n) is 5.25. The molecule has 2 nitrogen and oxygen atoms in total. The SMILES string of the molecule is O=C1c2ccccc2-c2c1cc(OCCBr)c1ccccc21. The van der Waals surface area contributed by atoms with Gasteiger partial charge in [-0.1, -0.05) is 64.5 Å². The normalized spacial score (nSPS) is 12.3. The van der Waals surface area contributed by atoms with Crippen molar-refractivity contribution in [2.45, 2.75) is 0 Å². The molecule has 108 valence electrons. The summed E-state index contributed by atoms with van der Waals surface area (Å²) in [4.78, 5) is 12.7. The third kappa shape index (κ3) is 1.89. The second-order valence-corrected chi connectivity index (χ2v) is 6.05. The van der Waals surface area contributed by atoms with Crippen LogP contribution in [0, 0.1) is 0 Å². The van der Waals surface area contributed by atoms with Gasteiger partial charge in [0.1, 0.15) is 5.75 Å². The molecule has 0 atom stereocenters. The van der Waals surface area contributed by atoms with Gasteiger partial charge in [-0.3, -0.25) is 4.79 Å². The van der Waals surface area contributed by atoms with E-state index in [2.05, 4.69) is 22.0 Å². The van der Waals surface area contributed by atoms with Crippen molar-refractivity contribution >= 4 is 32.5 Å². The molecule has 0 saturated carbocycles. The van der Waals surface area contributed by atoms with E-state index in [1.807, 2.05) is 48.5 Å². The number of fused-ring (bicyclic) bond motifs is 5. The van der Waals surface area contributed by atoms with Crippen molar-refractivity contribution in [1.82, 2.24) is 0 Å². The van der Waals surface area contributed by atoms with E-state index >= 15 is 0 Å². The van der Waals surface area contributed by atoms with Crippen LogP contribution in [0.1, 0.15) is 15.9 Å². The molecule has 0 radical (unpaired) electrons. The molecule has 0 saturated heterocycles. The summed E-state index contributed by atoms with van der Waals surface area (Å²) in [7, 11) is 0. The zero-order valence-electron chi connectivity index (χ0n) is 11.8. The van der Waals surface area contributed by atoms with Gasteiger partial charge < -0.3 is 4.74 Å². The van der Waals surface area contributed by atoms with Crippen molar-refractivity contribution < 1.29 is 9.53 Å². The summed E-state index contributed by atoms with van der Waals surface area (Å²) in [6, 6.07) is 17.8. The van der Waals surface area contributed by atoms with E-state index in [1.165, 1.54) is 0 Å². The molecule has 0 aliphatic heterocycles. The average molecular weight is 353 g/mol. The summed E-state index contributed by atoms with van der Waals surface area (Å²) in [5, 5.41) is 2.88. The number of benzene rings is 3. The Hall–Kier alpha value is -2.13. The molecule has 0 N–H and O–H groups in total. The molecule has 3 aromatic rings. The predicted octanol–water partition coefficient (Wildman–Crippen LogP) is 4.82. The summed E-state index contributed by atoms with van der Waals surface area (Å²) in [6.07, 6.45) is 0. The maximum Gasteiger partial charge on any atom is 0.194 e. The minimum atomic E-state index is 0.0834. The fourth-order valence-corrected chi connectivity index (χ4v) is 3.29. The zero-order chi connectivity index (χ0) is 15.1. The van der Waals surface area contributed by atoms with E-state index in [1.54, 1.807) is 0 Å². The maximum atomic E-state index is 12.7. The quantitative estimate of drug-likeness (QED) is 0.494. The van der Waals surface area contributed by atoms with Crippen molar-refractivity contribution in [2.24, 2.45) is 0 Å². The zero-order valence-corrected chi connectivity index (χ0v) is 13.4. The molecule has 22 heavy (non-hydrogen) atoms. The Bertz CT molecular complexity index is 899. The summed E-state index contributed by atoms with van der Waals surface area (Å²) >= 11 is 3.38. The van der Waals surface area contributed by atoms with E-state index in [0.717, 1.165) is 44.1 Å². The Balaban J connectivity index is 2.06. The number of alkyl halides is 1. The number of carbonyl (C=O) groups excluding carboxylic acids is 1. The van der Waals surface area contributed by atoms with Gasteiger partial charge >= 0.3 is 0 Å². The summed E-state index contributed by atoms with van der Waals surface area (Å²) in [6.45, 7) is 0.573. The minimum absolute atomic E-state index is 0.0834. The number of hydrogen-bond donors (Lipinski definition) is 0. The second kappa shape index (κ2) is 5.25. The molecule has 3 aromatic carbocycles. The lowest BCUT2D eigenvalue weighted by Gasteiger charge is -2.12. The fourth-order valence-electron chi connectivity index (χ4n) is 3.12. The molecule has 0 bridgehead atoms. The van der Waals surface area contributed by atoms with E-state index in [-0.39, 0.29) is 5.78 Å². The van der Waals surface area contributed by atoms with Crippen LogP contribution in [0.2, 0.25) is 0 Å². The molecule has 3 heteroatoms. The summed E-state index contributed by atoms with van der Waals surface area (Å²) < 4.78 is 5.84. The smallest absolute Gasteiger partial charge is 0.194 e. The first kappa shape index (κ1) is 13.5. The molecule has 0 amide bonds. The molecule has 1 aliphatic rings. The Labute approximate surface area is 136 Å². The van der Waals surface area contributed by atoms with Crippen LogP contribution in [0.5, 0.6) is 5.75 Å². The lowest BCUT2D eigenvalue weighted by molar-refractivity contribution is 0.104. The number of hydrogen-bond acceptors (Lipinski definition) is 2. The van der Waals surface area contributed by atoms with Crippen molar-refractivity contribution in [3.8, 4) is 16.9 Å². The molecule has 4 rings (SSSR count). The number of ether oxygens (including phenoxy) is 1. The van der Waals surface area contributed by atoms with E-state index < -0.39 is 0 Å². The highest BCUT2D eigenvalue weighted by molar-refractivity contribution is 9.09. The number of carbonyl (C=O) groups is 1. The largest absolute Gasteiger partial charge is 0.492 e. The standard InChI is InChI=1S/C19H13BrO2/c20-9-10-22-17-11-16-18(13-6-2-1-5-12(13)17)14-7-3-4-8-15(14)19(16)21/h1-8,11H,9-10H2. The van der Waals surface area contributed by atoms with Gasteiger partial charge in [-0.2, -0.15) is 0 Å². The minimum Gasteiger partial charge on any atom is -0.492 e. The van der Waals surface area contributed by atoms with Crippen molar-refractivity contribution in [2.75, 3.05) is 11.9 Å². The molecular weight excluding hydrogens is 340 g/mol. The number of halogens is 1. The highest BCUT2D eigenvalue weighted by atomic mass is 79.9. The van der Waals surface area contributed by atoms with Gasteiger partial charge in [0.15, 0.2) is 5.78 Å². The molecule has 0 fully saturated rings. The highest BCUT2D eigenvalue weighted by Gasteiger charge is 2.29. The van der Waals surface area contributed by atoms with E-state index in [4.69, 9.17) is 4.74 Å². The highest BCUT2D eigenvalue weighted by Crippen LogP contribution is 2.44. The Morgan fingerprint density at radius 2 is 1.55 bits per heavy atom. The summed E-state index contributed by atoms with van der Waals surface area (Å²) in [5.74, 6) is 0.856. The first-order valence-electron chi connectivity index (χ1n) is 7.20. The predicted molar refractivity (Wildman–Crippen MR) is 92.1 cm³/mol. The molecule has 0 unspecified atom stereocenters. The van der Waals surface area contributed by atoms with Crippen LogP contribution in [0.15, 0.2) is 54.6 Å². The molecular formula is C19H13BrO2. The maximum absolute atomic E-state index is 12.7. The Morgan fingerprint density at radius 1 is 0.864 bits per heavy atom. The van der Waals surface area contributed by atoms with Gasteiger partial charge in [-0.25, -0.2) is 0 Å². The van der Waals surface area contributed by atoms with Crippen LogP contribution in [-0.2, 0) is 0 Å². The van der Waals surface area contributed by atoms with E-state index in [9.17, 15) is 4.79 Å². The van der Waals surface area contributed by atoms with E-state index in [0.29, 0.717) is 6.61 Å². The first-order valence-corrected chi connectivity index (χ1v) is 8.32. The van der Waals surface area contributed by atoms with Crippen molar-refractivity contribution in [1.29, 1.82) is 0 Å². The monoisotopic (exact) mass is 352 g/mol. The van der Waals surface area contributed by atoms with Crippen LogP contribution < -0.4 is 4.74 Å². The van der Waals surface area contributed by atoms with Crippen molar-refractivity contribution in [3.05, 3.63) is 65.7 Å².